The predicted octanol–water partition coefficient (Wildman–Crippen LogP) is 0.685. The van der Waals surface area contributed by atoms with E-state index in [0.29, 0.717) is 0 Å². The fourth-order valence-electron chi connectivity index (χ4n) is 1.06. The third-order valence-electron chi connectivity index (χ3n) is 1.89. The maximum Gasteiger partial charge on any atom is 0.139 e. The Kier molecular flexibility index (Phi) is 2.58. The van der Waals surface area contributed by atoms with Crippen molar-refractivity contribution in [3.05, 3.63) is 23.8 Å². The van der Waals surface area contributed by atoms with Gasteiger partial charge in [-0.2, -0.15) is 0 Å². The summed E-state index contributed by atoms with van der Waals surface area (Å²) in [6, 6.07) is 6.44. The Hall–Kier alpha value is -0.915. The standard InChI is InChI=1S/C9H14BN/c1-3-11-8-4-5-9(10)7(2)6-8/h4-6,11H,3,10H2,1-2H3. The van der Waals surface area contributed by atoms with Crippen molar-refractivity contribution in [1.29, 1.82) is 0 Å². The maximum absolute atomic E-state index is 3.28. The number of rotatable bonds is 2. The molecule has 0 aromatic heterocycles. The Morgan fingerprint density at radius 2 is 2.18 bits per heavy atom. The molecule has 0 atom stereocenters. The van der Waals surface area contributed by atoms with Gasteiger partial charge >= 0.3 is 0 Å². The summed E-state index contributed by atoms with van der Waals surface area (Å²) >= 11 is 0. The summed E-state index contributed by atoms with van der Waals surface area (Å²) in [4.78, 5) is 0. The SMILES string of the molecule is Bc1ccc(NCC)cc1C. The van der Waals surface area contributed by atoms with Gasteiger partial charge in [-0.25, -0.2) is 0 Å². The highest BCUT2D eigenvalue weighted by Crippen LogP contribution is 2.06. The van der Waals surface area contributed by atoms with E-state index >= 15 is 0 Å². The van der Waals surface area contributed by atoms with Gasteiger partial charge in [-0.05, 0) is 26.0 Å². The van der Waals surface area contributed by atoms with Gasteiger partial charge in [-0.1, -0.05) is 17.1 Å². The van der Waals surface area contributed by atoms with Crippen molar-refractivity contribution < 1.29 is 0 Å². The molecule has 0 aliphatic heterocycles. The highest BCUT2D eigenvalue weighted by atomic mass is 14.8. The quantitative estimate of drug-likeness (QED) is 0.606. The van der Waals surface area contributed by atoms with Crippen LogP contribution in [0.1, 0.15) is 12.5 Å². The van der Waals surface area contributed by atoms with Gasteiger partial charge in [0.15, 0.2) is 0 Å². The van der Waals surface area contributed by atoms with E-state index < -0.39 is 0 Å². The lowest BCUT2D eigenvalue weighted by molar-refractivity contribution is 1.21. The van der Waals surface area contributed by atoms with Gasteiger partial charge in [0.2, 0.25) is 0 Å². The Labute approximate surface area is 69.2 Å². The molecule has 0 aliphatic rings. The van der Waals surface area contributed by atoms with Crippen LogP contribution in [0.2, 0.25) is 0 Å². The van der Waals surface area contributed by atoms with Gasteiger partial charge in [-0.15, -0.1) is 0 Å². The number of anilines is 1. The van der Waals surface area contributed by atoms with Crippen LogP contribution >= 0.6 is 0 Å². The molecule has 0 aliphatic carbocycles. The van der Waals surface area contributed by atoms with Gasteiger partial charge in [0.1, 0.15) is 7.85 Å². The summed E-state index contributed by atoms with van der Waals surface area (Å²) in [5.41, 5.74) is 3.92. The zero-order chi connectivity index (χ0) is 8.27. The zero-order valence-corrected chi connectivity index (χ0v) is 7.44. The Morgan fingerprint density at radius 1 is 1.45 bits per heavy atom. The first kappa shape index (κ1) is 8.18. The minimum absolute atomic E-state index is 0.989. The van der Waals surface area contributed by atoms with E-state index in [1.54, 1.807) is 0 Å². The van der Waals surface area contributed by atoms with Crippen LogP contribution in [0.5, 0.6) is 0 Å². The normalized spacial score (nSPS) is 9.64. The molecule has 0 saturated heterocycles. The lowest BCUT2D eigenvalue weighted by Gasteiger charge is -2.05. The first-order valence-electron chi connectivity index (χ1n) is 4.05. The Bertz CT molecular complexity index is 245. The fourth-order valence-corrected chi connectivity index (χ4v) is 1.06. The second-order valence-corrected chi connectivity index (χ2v) is 2.83. The first-order valence-corrected chi connectivity index (χ1v) is 4.05. The van der Waals surface area contributed by atoms with Crippen molar-refractivity contribution in [2.75, 3.05) is 11.9 Å². The average molecular weight is 147 g/mol. The molecule has 1 rings (SSSR count). The summed E-state index contributed by atoms with van der Waals surface area (Å²) in [6.07, 6.45) is 0. The molecule has 1 aromatic carbocycles. The van der Waals surface area contributed by atoms with Gasteiger partial charge in [0, 0.05) is 12.2 Å². The Morgan fingerprint density at radius 3 is 2.73 bits per heavy atom. The summed E-state index contributed by atoms with van der Waals surface area (Å²) in [6.45, 7) is 5.23. The van der Waals surface area contributed by atoms with E-state index in [1.165, 1.54) is 16.7 Å². The van der Waals surface area contributed by atoms with E-state index in [-0.39, 0.29) is 0 Å². The summed E-state index contributed by atoms with van der Waals surface area (Å²) in [7, 11) is 2.13. The van der Waals surface area contributed by atoms with E-state index in [9.17, 15) is 0 Å². The molecule has 58 valence electrons. The van der Waals surface area contributed by atoms with E-state index in [2.05, 4.69) is 45.2 Å². The second-order valence-electron chi connectivity index (χ2n) is 2.83. The summed E-state index contributed by atoms with van der Waals surface area (Å²) in [5.74, 6) is 0. The van der Waals surface area contributed by atoms with Crippen LogP contribution in [0.4, 0.5) is 5.69 Å². The molecule has 2 heteroatoms. The van der Waals surface area contributed by atoms with Crippen LogP contribution in [0.15, 0.2) is 18.2 Å². The van der Waals surface area contributed by atoms with Crippen molar-refractivity contribution in [2.45, 2.75) is 13.8 Å². The molecule has 0 radical (unpaired) electrons. The molecule has 11 heavy (non-hydrogen) atoms. The third kappa shape index (κ3) is 2.00. The van der Waals surface area contributed by atoms with Gasteiger partial charge in [0.05, 0.1) is 0 Å². The van der Waals surface area contributed by atoms with Gasteiger partial charge in [-0.3, -0.25) is 0 Å². The number of aryl methyl sites for hydroxylation is 1. The first-order chi connectivity index (χ1) is 5.24. The molecule has 0 heterocycles. The number of benzene rings is 1. The zero-order valence-electron chi connectivity index (χ0n) is 7.44. The van der Waals surface area contributed by atoms with E-state index in [0.717, 1.165) is 6.54 Å². The topological polar surface area (TPSA) is 12.0 Å². The van der Waals surface area contributed by atoms with Crippen molar-refractivity contribution in [2.24, 2.45) is 0 Å². The number of hydrogen-bond acceptors (Lipinski definition) is 1. The van der Waals surface area contributed by atoms with Crippen LogP contribution in [0, 0.1) is 6.92 Å². The maximum atomic E-state index is 3.28. The Balaban J connectivity index is 2.86. The van der Waals surface area contributed by atoms with Gasteiger partial charge < -0.3 is 5.32 Å². The number of hydrogen-bond donors (Lipinski definition) is 1. The van der Waals surface area contributed by atoms with Crippen molar-refractivity contribution in [3.8, 4) is 0 Å². The second kappa shape index (κ2) is 3.47. The smallest absolute Gasteiger partial charge is 0.139 e. The van der Waals surface area contributed by atoms with Crippen molar-refractivity contribution in [3.63, 3.8) is 0 Å². The monoisotopic (exact) mass is 147 g/mol. The summed E-state index contributed by atoms with van der Waals surface area (Å²) in [5, 5.41) is 3.28. The molecule has 0 fully saturated rings. The minimum Gasteiger partial charge on any atom is -0.385 e. The third-order valence-corrected chi connectivity index (χ3v) is 1.89. The molecular weight excluding hydrogens is 133 g/mol. The molecule has 0 bridgehead atoms. The average Bonchev–Trinajstić information content (AvgIpc) is 1.98. The van der Waals surface area contributed by atoms with E-state index in [1.807, 2.05) is 0 Å². The predicted molar refractivity (Wildman–Crippen MR) is 53.5 cm³/mol. The molecule has 1 N–H and O–H groups in total. The fraction of sp³-hybridized carbons (Fsp3) is 0.333. The van der Waals surface area contributed by atoms with Crippen LogP contribution in [0.25, 0.3) is 0 Å². The molecule has 1 nitrogen and oxygen atoms in total. The molecular formula is C9H14BN. The molecule has 0 spiro atoms. The molecule has 0 unspecified atom stereocenters. The largest absolute Gasteiger partial charge is 0.385 e. The minimum atomic E-state index is 0.989. The lowest BCUT2D eigenvalue weighted by atomic mass is 9.91. The van der Waals surface area contributed by atoms with Crippen LogP contribution < -0.4 is 10.8 Å². The molecule has 1 aromatic rings. The van der Waals surface area contributed by atoms with Crippen molar-refractivity contribution in [1.82, 2.24) is 0 Å². The van der Waals surface area contributed by atoms with Crippen LogP contribution in [-0.2, 0) is 0 Å². The lowest BCUT2D eigenvalue weighted by Crippen LogP contribution is -2.07. The number of nitrogens with one attached hydrogen (secondary N) is 1. The van der Waals surface area contributed by atoms with Crippen LogP contribution in [0.3, 0.4) is 0 Å². The molecule has 0 amide bonds. The summed E-state index contributed by atoms with van der Waals surface area (Å²) < 4.78 is 0. The van der Waals surface area contributed by atoms with Crippen LogP contribution in [-0.4, -0.2) is 14.4 Å². The van der Waals surface area contributed by atoms with Crippen molar-refractivity contribution >= 4 is 19.0 Å². The van der Waals surface area contributed by atoms with Gasteiger partial charge in [0.25, 0.3) is 0 Å². The molecule has 0 saturated carbocycles. The van der Waals surface area contributed by atoms with E-state index in [4.69, 9.17) is 0 Å². The highest BCUT2D eigenvalue weighted by molar-refractivity contribution is 6.33. The highest BCUT2D eigenvalue weighted by Gasteiger charge is 1.92.